The van der Waals surface area contributed by atoms with Crippen LogP contribution in [0.25, 0.3) is 0 Å². The molecule has 0 aliphatic carbocycles. The summed E-state index contributed by atoms with van der Waals surface area (Å²) in [5.41, 5.74) is -0.982. The lowest BCUT2D eigenvalue weighted by atomic mass is 9.87. The van der Waals surface area contributed by atoms with Crippen molar-refractivity contribution >= 4 is 40.8 Å². The molecule has 2 heterocycles. The summed E-state index contributed by atoms with van der Waals surface area (Å²) in [6, 6.07) is 9.61. The average Bonchev–Trinajstić information content (AvgIpc) is 3.00. The van der Waals surface area contributed by atoms with Gasteiger partial charge in [-0.3, -0.25) is 9.69 Å². The van der Waals surface area contributed by atoms with Gasteiger partial charge in [0, 0.05) is 55.4 Å². The Morgan fingerprint density at radius 1 is 1.09 bits per heavy atom. The predicted octanol–water partition coefficient (Wildman–Crippen LogP) is 2.61. The maximum atomic E-state index is 13.7. The molecule has 2 aliphatic heterocycles. The molecule has 0 spiro atoms. The molecule has 0 saturated carbocycles. The van der Waals surface area contributed by atoms with E-state index in [0.29, 0.717) is 18.8 Å². The van der Waals surface area contributed by atoms with Crippen molar-refractivity contribution < 1.29 is 19.4 Å². The minimum absolute atomic E-state index is 0.0979. The standard InChI is InChI=1S/C23H25Cl2N3O4/c1-26-7-9-27(10-8-26)11-12-28-19-14-15(21(29)32-2)13-18(25)20(19)23(31,22(28)30)16-5-3-4-6-17(16)24/h3-6,13-14,31H,7-12H2,1-2H3. The zero-order valence-electron chi connectivity index (χ0n) is 18.0. The van der Waals surface area contributed by atoms with Crippen LogP contribution in [0.3, 0.4) is 0 Å². The minimum Gasteiger partial charge on any atom is -0.465 e. The van der Waals surface area contributed by atoms with E-state index >= 15 is 0 Å². The Balaban J connectivity index is 1.77. The molecule has 7 nitrogen and oxygen atoms in total. The number of halogens is 2. The molecule has 1 atom stereocenters. The first kappa shape index (κ1) is 23.0. The number of amides is 1. The average molecular weight is 478 g/mol. The van der Waals surface area contributed by atoms with Crippen LogP contribution >= 0.6 is 23.2 Å². The second-order valence-electron chi connectivity index (χ2n) is 8.14. The largest absolute Gasteiger partial charge is 0.465 e. The van der Waals surface area contributed by atoms with Gasteiger partial charge in [0.2, 0.25) is 0 Å². The Labute approximate surface area is 197 Å². The van der Waals surface area contributed by atoms with E-state index in [1.54, 1.807) is 30.3 Å². The fourth-order valence-electron chi connectivity index (χ4n) is 4.35. The first-order chi connectivity index (χ1) is 15.3. The molecular weight excluding hydrogens is 453 g/mol. The molecular formula is C23H25Cl2N3O4. The number of piperazine rings is 1. The van der Waals surface area contributed by atoms with Crippen LogP contribution in [-0.4, -0.2) is 80.2 Å². The van der Waals surface area contributed by atoms with Crippen LogP contribution < -0.4 is 4.90 Å². The van der Waals surface area contributed by atoms with Crippen molar-refractivity contribution in [1.82, 2.24) is 9.80 Å². The van der Waals surface area contributed by atoms with Crippen molar-refractivity contribution in [2.75, 3.05) is 58.3 Å². The van der Waals surface area contributed by atoms with Gasteiger partial charge in [0.05, 0.1) is 23.4 Å². The number of hydrogen-bond donors (Lipinski definition) is 1. The molecule has 0 radical (unpaired) electrons. The molecule has 1 N–H and O–H groups in total. The van der Waals surface area contributed by atoms with Gasteiger partial charge in [0.25, 0.3) is 5.91 Å². The number of anilines is 1. The van der Waals surface area contributed by atoms with Crippen LogP contribution in [0.2, 0.25) is 10.0 Å². The second-order valence-corrected chi connectivity index (χ2v) is 8.95. The Bertz CT molecular complexity index is 1060. The van der Waals surface area contributed by atoms with E-state index in [-0.39, 0.29) is 26.7 Å². The number of esters is 1. The molecule has 170 valence electrons. The maximum absolute atomic E-state index is 13.7. The van der Waals surface area contributed by atoms with Gasteiger partial charge in [-0.05, 0) is 25.2 Å². The smallest absolute Gasteiger partial charge is 0.337 e. The van der Waals surface area contributed by atoms with Gasteiger partial charge in [0.15, 0.2) is 5.60 Å². The molecule has 1 amide bonds. The van der Waals surface area contributed by atoms with Crippen molar-refractivity contribution in [2.24, 2.45) is 0 Å². The van der Waals surface area contributed by atoms with E-state index in [0.717, 1.165) is 26.2 Å². The number of hydrogen-bond acceptors (Lipinski definition) is 6. The number of carbonyl (C=O) groups is 2. The fraction of sp³-hybridized carbons (Fsp3) is 0.391. The summed E-state index contributed by atoms with van der Waals surface area (Å²) in [4.78, 5) is 31.9. The lowest BCUT2D eigenvalue weighted by molar-refractivity contribution is -0.132. The van der Waals surface area contributed by atoms with E-state index < -0.39 is 17.5 Å². The maximum Gasteiger partial charge on any atom is 0.337 e. The molecule has 4 rings (SSSR count). The molecule has 9 heteroatoms. The predicted molar refractivity (Wildman–Crippen MR) is 124 cm³/mol. The van der Waals surface area contributed by atoms with Crippen LogP contribution in [0.1, 0.15) is 21.5 Å². The summed E-state index contributed by atoms with van der Waals surface area (Å²) in [7, 11) is 3.36. The van der Waals surface area contributed by atoms with Crippen molar-refractivity contribution in [3.63, 3.8) is 0 Å². The van der Waals surface area contributed by atoms with Gasteiger partial charge in [-0.1, -0.05) is 41.4 Å². The summed E-state index contributed by atoms with van der Waals surface area (Å²) in [6.45, 7) is 4.64. The van der Waals surface area contributed by atoms with Gasteiger partial charge < -0.3 is 19.6 Å². The topological polar surface area (TPSA) is 73.3 Å². The number of fused-ring (bicyclic) bond motifs is 1. The van der Waals surface area contributed by atoms with Crippen molar-refractivity contribution in [3.8, 4) is 0 Å². The first-order valence-electron chi connectivity index (χ1n) is 10.4. The number of carbonyl (C=O) groups excluding carboxylic acids is 2. The van der Waals surface area contributed by atoms with E-state index in [2.05, 4.69) is 16.8 Å². The number of ether oxygens (including phenoxy) is 1. The Hall–Kier alpha value is -2.16. The fourth-order valence-corrected chi connectivity index (χ4v) is 4.97. The van der Waals surface area contributed by atoms with Crippen LogP contribution in [0, 0.1) is 0 Å². The molecule has 0 aromatic heterocycles. The molecule has 2 aromatic rings. The number of likely N-dealkylation sites (N-methyl/N-ethyl adjacent to an activating group) is 1. The van der Waals surface area contributed by atoms with Gasteiger partial charge in [-0.25, -0.2) is 4.79 Å². The molecule has 0 bridgehead atoms. The second kappa shape index (κ2) is 9.00. The normalized spacial score (nSPS) is 21.7. The molecule has 1 fully saturated rings. The van der Waals surface area contributed by atoms with Gasteiger partial charge in [-0.2, -0.15) is 0 Å². The number of nitrogens with zero attached hydrogens (tertiary/aromatic N) is 3. The summed E-state index contributed by atoms with van der Waals surface area (Å²) in [5.74, 6) is -1.12. The molecule has 32 heavy (non-hydrogen) atoms. The number of aliphatic hydroxyl groups is 1. The summed E-state index contributed by atoms with van der Waals surface area (Å²) in [5, 5.41) is 12.1. The van der Waals surface area contributed by atoms with E-state index in [9.17, 15) is 14.7 Å². The summed E-state index contributed by atoms with van der Waals surface area (Å²) < 4.78 is 4.84. The zero-order valence-corrected chi connectivity index (χ0v) is 19.5. The molecule has 1 unspecified atom stereocenters. The quantitative estimate of drug-likeness (QED) is 0.667. The molecule has 1 saturated heterocycles. The third kappa shape index (κ3) is 3.89. The van der Waals surface area contributed by atoms with Crippen LogP contribution in [-0.2, 0) is 15.1 Å². The minimum atomic E-state index is -2.05. The Kier molecular flexibility index (Phi) is 6.47. The van der Waals surface area contributed by atoms with Gasteiger partial charge in [-0.15, -0.1) is 0 Å². The lowest BCUT2D eigenvalue weighted by Gasteiger charge is -2.33. The number of benzene rings is 2. The van der Waals surface area contributed by atoms with Crippen molar-refractivity contribution in [3.05, 3.63) is 63.1 Å². The highest BCUT2D eigenvalue weighted by atomic mass is 35.5. The lowest BCUT2D eigenvalue weighted by Crippen LogP contribution is -2.48. The summed E-state index contributed by atoms with van der Waals surface area (Å²) in [6.07, 6.45) is 0. The third-order valence-electron chi connectivity index (χ3n) is 6.20. The molecule has 2 aromatic carbocycles. The van der Waals surface area contributed by atoms with E-state index in [4.69, 9.17) is 27.9 Å². The van der Waals surface area contributed by atoms with Gasteiger partial charge in [0.1, 0.15) is 0 Å². The number of methoxy groups -OCH3 is 1. The first-order valence-corrected chi connectivity index (χ1v) is 11.2. The summed E-state index contributed by atoms with van der Waals surface area (Å²) >= 11 is 12.9. The van der Waals surface area contributed by atoms with Crippen LogP contribution in [0.15, 0.2) is 36.4 Å². The highest BCUT2D eigenvalue weighted by Crippen LogP contribution is 2.49. The van der Waals surface area contributed by atoms with Gasteiger partial charge >= 0.3 is 5.97 Å². The third-order valence-corrected chi connectivity index (χ3v) is 6.82. The molecule has 2 aliphatic rings. The Morgan fingerprint density at radius 3 is 2.44 bits per heavy atom. The van der Waals surface area contributed by atoms with E-state index in [1.807, 2.05) is 0 Å². The Morgan fingerprint density at radius 2 is 1.78 bits per heavy atom. The highest BCUT2D eigenvalue weighted by molar-refractivity contribution is 6.35. The number of rotatable bonds is 5. The SMILES string of the molecule is COC(=O)c1cc(Cl)c2c(c1)N(CCN1CCN(C)CC1)C(=O)C2(O)c1ccccc1Cl. The van der Waals surface area contributed by atoms with Crippen LogP contribution in [0.4, 0.5) is 5.69 Å². The zero-order chi connectivity index (χ0) is 23.0. The highest BCUT2D eigenvalue weighted by Gasteiger charge is 2.53. The monoisotopic (exact) mass is 477 g/mol. The van der Waals surface area contributed by atoms with Crippen molar-refractivity contribution in [2.45, 2.75) is 5.60 Å². The van der Waals surface area contributed by atoms with E-state index in [1.165, 1.54) is 18.1 Å². The van der Waals surface area contributed by atoms with Crippen LogP contribution in [0.5, 0.6) is 0 Å². The van der Waals surface area contributed by atoms with Crippen molar-refractivity contribution in [1.29, 1.82) is 0 Å².